The lowest BCUT2D eigenvalue weighted by atomic mass is 9.91. The summed E-state index contributed by atoms with van der Waals surface area (Å²) in [6.07, 6.45) is 0.0194. The van der Waals surface area contributed by atoms with Gasteiger partial charge in [0, 0.05) is 17.9 Å². The van der Waals surface area contributed by atoms with Gasteiger partial charge >= 0.3 is 5.97 Å². The molecule has 0 saturated carbocycles. The molecule has 9 heteroatoms. The van der Waals surface area contributed by atoms with Crippen molar-refractivity contribution in [1.82, 2.24) is 10.3 Å². The predicted octanol–water partition coefficient (Wildman–Crippen LogP) is 6.16. The number of amides is 1. The fourth-order valence-corrected chi connectivity index (χ4v) is 4.32. The number of rotatable bonds is 8. The minimum absolute atomic E-state index is 0.0194. The summed E-state index contributed by atoms with van der Waals surface area (Å²) in [5.74, 6) is -0.356. The Kier molecular flexibility index (Phi) is 7.33. The van der Waals surface area contributed by atoms with E-state index >= 15 is 0 Å². The number of pyridine rings is 1. The Bertz CT molecular complexity index is 1440. The number of fused-ring (bicyclic) bond motifs is 1. The van der Waals surface area contributed by atoms with Crippen molar-refractivity contribution in [3.05, 3.63) is 94.0 Å². The van der Waals surface area contributed by atoms with Crippen LogP contribution in [0.2, 0.25) is 10.0 Å². The first-order chi connectivity index (χ1) is 17.2. The first kappa shape index (κ1) is 25.3. The number of benzene rings is 3. The van der Waals surface area contributed by atoms with Crippen molar-refractivity contribution in [2.24, 2.45) is 0 Å². The van der Waals surface area contributed by atoms with Crippen LogP contribution in [0, 0.1) is 0 Å². The van der Waals surface area contributed by atoms with Crippen molar-refractivity contribution >= 4 is 46.0 Å². The molecule has 1 atom stereocenters. The second-order valence-corrected chi connectivity index (χ2v) is 9.11. The van der Waals surface area contributed by atoms with Crippen molar-refractivity contribution in [3.8, 4) is 17.4 Å². The van der Waals surface area contributed by atoms with Crippen LogP contribution >= 0.6 is 23.2 Å². The Hall–Kier alpha value is -3.81. The summed E-state index contributed by atoms with van der Waals surface area (Å²) in [6.45, 7) is 1.44. The summed E-state index contributed by atoms with van der Waals surface area (Å²) in [5.41, 5.74) is -0.236. The van der Waals surface area contributed by atoms with Crippen LogP contribution in [-0.2, 0) is 11.2 Å². The SMILES string of the molecule is COc1ccccc1Oc1ccc2cc(CC(C)(NC(=O)c3c(Cl)cccc3Cl)C(=O)O)ccc2n1. The number of aromatic nitrogens is 1. The third kappa shape index (κ3) is 5.37. The third-order valence-corrected chi connectivity index (χ3v) is 6.25. The number of halogens is 2. The van der Waals surface area contributed by atoms with Gasteiger partial charge in [0.1, 0.15) is 5.54 Å². The number of ether oxygens (including phenoxy) is 2. The maximum Gasteiger partial charge on any atom is 0.329 e. The van der Waals surface area contributed by atoms with E-state index in [1.165, 1.54) is 19.1 Å². The summed E-state index contributed by atoms with van der Waals surface area (Å²) >= 11 is 12.2. The number of aliphatic carboxylic acids is 1. The van der Waals surface area contributed by atoms with E-state index in [2.05, 4.69) is 10.3 Å². The van der Waals surface area contributed by atoms with Gasteiger partial charge in [0.25, 0.3) is 5.91 Å². The molecular formula is C27H22Cl2N2O5. The van der Waals surface area contributed by atoms with E-state index in [9.17, 15) is 14.7 Å². The molecule has 4 rings (SSSR count). The van der Waals surface area contributed by atoms with Crippen molar-refractivity contribution in [1.29, 1.82) is 0 Å². The molecule has 0 saturated heterocycles. The van der Waals surface area contributed by atoms with Crippen LogP contribution in [0.25, 0.3) is 10.9 Å². The first-order valence-corrected chi connectivity index (χ1v) is 11.7. The highest BCUT2D eigenvalue weighted by molar-refractivity contribution is 6.39. The Labute approximate surface area is 217 Å². The van der Waals surface area contributed by atoms with E-state index in [-0.39, 0.29) is 22.0 Å². The number of carbonyl (C=O) groups excluding carboxylic acids is 1. The van der Waals surface area contributed by atoms with Gasteiger partial charge in [0.05, 0.1) is 28.2 Å². The Morgan fingerprint density at radius 3 is 2.33 bits per heavy atom. The van der Waals surface area contributed by atoms with Crippen LogP contribution in [-0.4, -0.2) is 34.6 Å². The number of carboxylic acids is 1. The average molecular weight is 525 g/mol. The van der Waals surface area contributed by atoms with Crippen LogP contribution in [0.4, 0.5) is 0 Å². The molecule has 0 fully saturated rings. The standard InChI is InChI=1S/C27H22Cl2N2O5/c1-27(26(33)34,31-25(32)24-18(28)6-5-7-19(24)29)15-16-10-12-20-17(14-16)11-13-23(30-20)36-22-9-4-3-8-21(22)35-2/h3-14H,15H2,1-2H3,(H,31,32)(H,33,34). The molecular weight excluding hydrogens is 503 g/mol. The Morgan fingerprint density at radius 2 is 1.67 bits per heavy atom. The molecule has 1 unspecified atom stereocenters. The predicted molar refractivity (Wildman–Crippen MR) is 138 cm³/mol. The highest BCUT2D eigenvalue weighted by Gasteiger charge is 2.36. The minimum Gasteiger partial charge on any atom is -0.493 e. The Balaban J connectivity index is 1.57. The molecule has 184 valence electrons. The maximum absolute atomic E-state index is 12.9. The number of hydrogen-bond acceptors (Lipinski definition) is 5. The highest BCUT2D eigenvalue weighted by Crippen LogP contribution is 2.31. The number of hydrogen-bond donors (Lipinski definition) is 2. The molecule has 7 nitrogen and oxygen atoms in total. The summed E-state index contributed by atoms with van der Waals surface area (Å²) in [6, 6.07) is 20.8. The van der Waals surface area contributed by atoms with Gasteiger partial charge in [-0.25, -0.2) is 9.78 Å². The lowest BCUT2D eigenvalue weighted by Crippen LogP contribution is -2.53. The third-order valence-electron chi connectivity index (χ3n) is 5.62. The fourth-order valence-electron chi connectivity index (χ4n) is 3.75. The van der Waals surface area contributed by atoms with Crippen molar-refractivity contribution in [2.75, 3.05) is 7.11 Å². The van der Waals surface area contributed by atoms with Crippen LogP contribution in [0.1, 0.15) is 22.8 Å². The lowest BCUT2D eigenvalue weighted by Gasteiger charge is -2.27. The monoisotopic (exact) mass is 524 g/mol. The van der Waals surface area contributed by atoms with Gasteiger partial charge in [-0.05, 0) is 55.0 Å². The number of nitrogens with zero attached hydrogens (tertiary/aromatic N) is 1. The topological polar surface area (TPSA) is 97.8 Å². The molecule has 36 heavy (non-hydrogen) atoms. The molecule has 0 aliphatic carbocycles. The molecule has 0 spiro atoms. The van der Waals surface area contributed by atoms with E-state index in [1.807, 2.05) is 24.3 Å². The number of nitrogens with one attached hydrogen (secondary N) is 1. The number of methoxy groups -OCH3 is 1. The molecule has 4 aromatic rings. The van der Waals surface area contributed by atoms with E-state index in [0.29, 0.717) is 28.5 Å². The second-order valence-electron chi connectivity index (χ2n) is 8.29. The minimum atomic E-state index is -1.62. The quantitative estimate of drug-likeness (QED) is 0.286. The van der Waals surface area contributed by atoms with Gasteiger partial charge in [-0.2, -0.15) is 0 Å². The molecule has 0 aliphatic heterocycles. The first-order valence-electron chi connectivity index (χ1n) is 10.9. The fraction of sp³-hybridized carbons (Fsp3) is 0.148. The molecule has 1 aromatic heterocycles. The zero-order valence-corrected chi connectivity index (χ0v) is 20.9. The summed E-state index contributed by atoms with van der Waals surface area (Å²) in [5, 5.41) is 13.6. The van der Waals surface area contributed by atoms with Crippen molar-refractivity contribution in [2.45, 2.75) is 18.9 Å². The van der Waals surface area contributed by atoms with Gasteiger partial charge in [0.2, 0.25) is 5.88 Å². The zero-order valence-electron chi connectivity index (χ0n) is 19.4. The van der Waals surface area contributed by atoms with E-state index in [1.54, 1.807) is 43.5 Å². The van der Waals surface area contributed by atoms with Gasteiger partial charge in [0.15, 0.2) is 11.5 Å². The molecule has 2 N–H and O–H groups in total. The number of carboxylic acid groups (broad SMARTS) is 1. The average Bonchev–Trinajstić information content (AvgIpc) is 2.84. The smallest absolute Gasteiger partial charge is 0.329 e. The number of para-hydroxylation sites is 2. The molecule has 0 aliphatic rings. The Morgan fingerprint density at radius 1 is 0.972 bits per heavy atom. The zero-order chi connectivity index (χ0) is 25.9. The second kappa shape index (κ2) is 10.4. The molecule has 0 radical (unpaired) electrons. The summed E-state index contributed by atoms with van der Waals surface area (Å²) < 4.78 is 11.2. The largest absolute Gasteiger partial charge is 0.493 e. The molecule has 0 bridgehead atoms. The molecule has 1 amide bonds. The highest BCUT2D eigenvalue weighted by atomic mass is 35.5. The van der Waals surface area contributed by atoms with E-state index < -0.39 is 17.4 Å². The van der Waals surface area contributed by atoms with Crippen LogP contribution < -0.4 is 14.8 Å². The normalized spacial score (nSPS) is 12.6. The van der Waals surface area contributed by atoms with E-state index in [0.717, 1.165) is 5.39 Å². The van der Waals surface area contributed by atoms with Crippen LogP contribution in [0.3, 0.4) is 0 Å². The van der Waals surface area contributed by atoms with E-state index in [4.69, 9.17) is 32.7 Å². The number of carbonyl (C=O) groups is 2. The van der Waals surface area contributed by atoms with Crippen molar-refractivity contribution in [3.63, 3.8) is 0 Å². The van der Waals surface area contributed by atoms with Crippen LogP contribution in [0.5, 0.6) is 17.4 Å². The molecule has 1 heterocycles. The van der Waals surface area contributed by atoms with Crippen LogP contribution in [0.15, 0.2) is 72.8 Å². The van der Waals surface area contributed by atoms with Gasteiger partial charge in [-0.1, -0.05) is 47.5 Å². The van der Waals surface area contributed by atoms with Gasteiger partial charge in [-0.3, -0.25) is 4.79 Å². The van der Waals surface area contributed by atoms with Crippen molar-refractivity contribution < 1.29 is 24.2 Å². The van der Waals surface area contributed by atoms with Gasteiger partial charge < -0.3 is 19.9 Å². The van der Waals surface area contributed by atoms with Gasteiger partial charge in [-0.15, -0.1) is 0 Å². The maximum atomic E-state index is 12.9. The molecule has 3 aromatic carbocycles. The summed E-state index contributed by atoms with van der Waals surface area (Å²) in [7, 11) is 1.56. The lowest BCUT2D eigenvalue weighted by molar-refractivity contribution is -0.143. The summed E-state index contributed by atoms with van der Waals surface area (Å²) in [4.78, 5) is 29.6.